The molecule has 6 heteroatoms. The normalized spacial score (nSPS) is 10.4. The van der Waals surface area contributed by atoms with Crippen LogP contribution in [0.2, 0.25) is 10.2 Å². The second-order valence-electron chi connectivity index (χ2n) is 3.06. The Hall–Kier alpha value is -1.52. The molecule has 0 amide bonds. The number of aromatic nitrogens is 2. The molecule has 1 aromatic carbocycles. The Morgan fingerprint density at radius 2 is 2.12 bits per heavy atom. The summed E-state index contributed by atoms with van der Waals surface area (Å²) >= 11 is 11.5. The maximum absolute atomic E-state index is 10.7. The lowest BCUT2D eigenvalue weighted by Gasteiger charge is -1.96. The molecule has 0 saturated carbocycles. The Bertz CT molecular complexity index is 552. The predicted octanol–water partition coefficient (Wildman–Crippen LogP) is 3.08. The molecule has 0 spiro atoms. The number of benzene rings is 1. The highest BCUT2D eigenvalue weighted by molar-refractivity contribution is 6.32. The van der Waals surface area contributed by atoms with Gasteiger partial charge in [0.1, 0.15) is 11.0 Å². The highest BCUT2D eigenvalue weighted by Gasteiger charge is 2.15. The molecule has 0 saturated heterocycles. The molecule has 0 aliphatic carbocycles. The number of imidazole rings is 1. The monoisotopic (exact) mass is 256 g/mol. The van der Waals surface area contributed by atoms with E-state index in [0.29, 0.717) is 16.4 Å². The molecule has 0 fully saturated rings. The lowest BCUT2D eigenvalue weighted by molar-refractivity contribution is 0.0691. The van der Waals surface area contributed by atoms with Crippen LogP contribution in [0.1, 0.15) is 10.5 Å². The van der Waals surface area contributed by atoms with Crippen molar-refractivity contribution in [1.82, 2.24) is 9.97 Å². The molecule has 0 unspecified atom stereocenters. The molecular weight excluding hydrogens is 251 g/mol. The van der Waals surface area contributed by atoms with Crippen LogP contribution in [0.25, 0.3) is 11.4 Å². The van der Waals surface area contributed by atoms with Crippen LogP contribution in [-0.4, -0.2) is 21.0 Å². The van der Waals surface area contributed by atoms with Crippen molar-refractivity contribution in [3.63, 3.8) is 0 Å². The molecule has 82 valence electrons. The zero-order valence-corrected chi connectivity index (χ0v) is 9.38. The van der Waals surface area contributed by atoms with Gasteiger partial charge in [0, 0.05) is 10.6 Å². The lowest BCUT2D eigenvalue weighted by Crippen LogP contribution is -1.96. The summed E-state index contributed by atoms with van der Waals surface area (Å²) in [5, 5.41) is 9.33. The van der Waals surface area contributed by atoms with E-state index in [1.165, 1.54) is 0 Å². The largest absolute Gasteiger partial charge is 0.476 e. The van der Waals surface area contributed by atoms with Gasteiger partial charge in [-0.3, -0.25) is 0 Å². The summed E-state index contributed by atoms with van der Waals surface area (Å²) in [6.45, 7) is 0. The van der Waals surface area contributed by atoms with Crippen molar-refractivity contribution in [2.45, 2.75) is 0 Å². The van der Waals surface area contributed by atoms with Crippen molar-refractivity contribution in [2.75, 3.05) is 0 Å². The van der Waals surface area contributed by atoms with E-state index in [2.05, 4.69) is 9.97 Å². The van der Waals surface area contributed by atoms with Gasteiger partial charge < -0.3 is 10.1 Å². The molecule has 1 aromatic heterocycles. The van der Waals surface area contributed by atoms with Crippen LogP contribution in [0, 0.1) is 0 Å². The first-order valence-corrected chi connectivity index (χ1v) is 5.08. The highest BCUT2D eigenvalue weighted by Crippen LogP contribution is 2.23. The third kappa shape index (κ3) is 2.03. The summed E-state index contributed by atoms with van der Waals surface area (Å²) in [4.78, 5) is 17.3. The summed E-state index contributed by atoms with van der Waals surface area (Å²) in [7, 11) is 0. The molecule has 2 aromatic rings. The van der Waals surface area contributed by atoms with Crippen LogP contribution < -0.4 is 0 Å². The maximum atomic E-state index is 10.7. The van der Waals surface area contributed by atoms with E-state index in [-0.39, 0.29) is 10.8 Å². The van der Waals surface area contributed by atoms with Gasteiger partial charge in [0.25, 0.3) is 0 Å². The van der Waals surface area contributed by atoms with E-state index < -0.39 is 5.97 Å². The summed E-state index contributed by atoms with van der Waals surface area (Å²) in [5.41, 5.74) is 0.485. The van der Waals surface area contributed by atoms with Crippen molar-refractivity contribution < 1.29 is 9.90 Å². The summed E-state index contributed by atoms with van der Waals surface area (Å²) in [5.74, 6) is -0.792. The minimum absolute atomic E-state index is 0.00229. The fraction of sp³-hybridized carbons (Fsp3) is 0. The van der Waals surface area contributed by atoms with Crippen LogP contribution in [0.3, 0.4) is 0 Å². The first-order chi connectivity index (χ1) is 7.58. The van der Waals surface area contributed by atoms with E-state index in [1.807, 2.05) is 0 Å². The number of carboxylic acid groups (broad SMARTS) is 1. The van der Waals surface area contributed by atoms with Crippen LogP contribution in [0.15, 0.2) is 24.3 Å². The van der Waals surface area contributed by atoms with Gasteiger partial charge in [0.15, 0.2) is 5.69 Å². The SMILES string of the molecule is O=C(O)c1nc(-c2cccc(Cl)c2)[nH]c1Cl. The van der Waals surface area contributed by atoms with E-state index in [9.17, 15) is 4.79 Å². The number of nitrogens with one attached hydrogen (secondary N) is 1. The fourth-order valence-corrected chi connectivity index (χ4v) is 1.67. The molecule has 2 N–H and O–H groups in total. The van der Waals surface area contributed by atoms with Gasteiger partial charge in [-0.1, -0.05) is 35.3 Å². The van der Waals surface area contributed by atoms with E-state index in [1.54, 1.807) is 24.3 Å². The molecule has 4 nitrogen and oxygen atoms in total. The Morgan fingerprint density at radius 3 is 2.69 bits per heavy atom. The topological polar surface area (TPSA) is 66.0 Å². The standard InChI is InChI=1S/C10H6Cl2N2O2/c11-6-3-1-2-5(4-6)9-13-7(10(15)16)8(12)14-9/h1-4H,(H,13,14)(H,15,16). The second kappa shape index (κ2) is 4.15. The number of carboxylic acids is 1. The number of nitrogens with zero attached hydrogens (tertiary/aromatic N) is 1. The zero-order chi connectivity index (χ0) is 11.7. The number of halogens is 2. The maximum Gasteiger partial charge on any atom is 0.357 e. The smallest absolute Gasteiger partial charge is 0.357 e. The van der Waals surface area contributed by atoms with Crippen LogP contribution >= 0.6 is 23.2 Å². The van der Waals surface area contributed by atoms with Gasteiger partial charge in [-0.2, -0.15) is 0 Å². The van der Waals surface area contributed by atoms with Gasteiger partial charge in [-0.25, -0.2) is 9.78 Å². The highest BCUT2D eigenvalue weighted by atomic mass is 35.5. The number of hydrogen-bond donors (Lipinski definition) is 2. The number of aromatic carboxylic acids is 1. The molecule has 0 atom stereocenters. The third-order valence-electron chi connectivity index (χ3n) is 1.96. The van der Waals surface area contributed by atoms with Gasteiger partial charge in [-0.05, 0) is 12.1 Å². The lowest BCUT2D eigenvalue weighted by atomic mass is 10.2. The van der Waals surface area contributed by atoms with Gasteiger partial charge in [0.2, 0.25) is 0 Å². The molecule has 0 bridgehead atoms. The van der Waals surface area contributed by atoms with Crippen molar-refractivity contribution in [1.29, 1.82) is 0 Å². The molecule has 0 aliphatic heterocycles. The van der Waals surface area contributed by atoms with E-state index in [4.69, 9.17) is 28.3 Å². The number of hydrogen-bond acceptors (Lipinski definition) is 2. The molecule has 2 rings (SSSR count). The predicted molar refractivity (Wildman–Crippen MR) is 61.0 cm³/mol. The van der Waals surface area contributed by atoms with Gasteiger partial charge >= 0.3 is 5.97 Å². The summed E-state index contributed by atoms with van der Waals surface area (Å²) in [6.07, 6.45) is 0. The molecule has 0 aliphatic rings. The Kier molecular flexibility index (Phi) is 2.85. The van der Waals surface area contributed by atoms with E-state index in [0.717, 1.165) is 0 Å². The van der Waals surface area contributed by atoms with Crippen molar-refractivity contribution in [2.24, 2.45) is 0 Å². The average molecular weight is 257 g/mol. The second-order valence-corrected chi connectivity index (χ2v) is 3.88. The molecule has 16 heavy (non-hydrogen) atoms. The Morgan fingerprint density at radius 1 is 1.38 bits per heavy atom. The number of carbonyl (C=O) groups is 1. The minimum atomic E-state index is -1.17. The molecule has 0 radical (unpaired) electrons. The van der Waals surface area contributed by atoms with E-state index >= 15 is 0 Å². The summed E-state index contributed by atoms with van der Waals surface area (Å²) < 4.78 is 0. The van der Waals surface area contributed by atoms with Crippen LogP contribution in [-0.2, 0) is 0 Å². The average Bonchev–Trinajstić information content (AvgIpc) is 2.60. The first kappa shape index (κ1) is 11.0. The Balaban J connectivity index is 2.49. The number of aromatic amines is 1. The van der Waals surface area contributed by atoms with Crippen molar-refractivity contribution >= 4 is 29.2 Å². The number of rotatable bonds is 2. The quantitative estimate of drug-likeness (QED) is 0.868. The summed E-state index contributed by atoms with van der Waals surface area (Å²) in [6, 6.07) is 6.89. The van der Waals surface area contributed by atoms with Crippen molar-refractivity contribution in [3.8, 4) is 11.4 Å². The third-order valence-corrected chi connectivity index (χ3v) is 2.47. The zero-order valence-electron chi connectivity index (χ0n) is 7.87. The number of H-pyrrole nitrogens is 1. The van der Waals surface area contributed by atoms with Crippen LogP contribution in [0.5, 0.6) is 0 Å². The van der Waals surface area contributed by atoms with Crippen molar-refractivity contribution in [3.05, 3.63) is 40.1 Å². The molecule has 1 heterocycles. The minimum Gasteiger partial charge on any atom is -0.476 e. The fourth-order valence-electron chi connectivity index (χ4n) is 1.27. The van der Waals surface area contributed by atoms with Crippen LogP contribution in [0.4, 0.5) is 0 Å². The van der Waals surface area contributed by atoms with Gasteiger partial charge in [0.05, 0.1) is 0 Å². The molecular formula is C10H6Cl2N2O2. The first-order valence-electron chi connectivity index (χ1n) is 4.32. The Labute approximate surface area is 101 Å². The van der Waals surface area contributed by atoms with Gasteiger partial charge in [-0.15, -0.1) is 0 Å².